The van der Waals surface area contributed by atoms with Gasteiger partial charge in [-0.25, -0.2) is 13.6 Å². The molecule has 3 heterocycles. The number of likely N-dealkylation sites (tertiary alicyclic amines) is 1. The number of hydrogen-bond acceptors (Lipinski definition) is 5. The molecule has 6 nitrogen and oxygen atoms in total. The maximum atomic E-state index is 14.5. The zero-order valence-corrected chi connectivity index (χ0v) is 17.5. The molecule has 30 heavy (non-hydrogen) atoms. The van der Waals surface area contributed by atoms with Crippen molar-refractivity contribution in [2.24, 2.45) is 4.99 Å². The van der Waals surface area contributed by atoms with Crippen LogP contribution >= 0.6 is 0 Å². The Morgan fingerprint density at radius 3 is 2.83 bits per heavy atom. The molecule has 0 saturated carbocycles. The zero-order chi connectivity index (χ0) is 21.5. The van der Waals surface area contributed by atoms with Gasteiger partial charge in [-0.05, 0) is 51.0 Å². The van der Waals surface area contributed by atoms with Crippen LogP contribution in [0.15, 0.2) is 34.8 Å². The van der Waals surface area contributed by atoms with Gasteiger partial charge in [0.05, 0.1) is 24.9 Å². The summed E-state index contributed by atoms with van der Waals surface area (Å²) in [5.41, 5.74) is 1.77. The van der Waals surface area contributed by atoms with Crippen molar-refractivity contribution in [1.29, 1.82) is 0 Å². The van der Waals surface area contributed by atoms with Crippen LogP contribution in [0.4, 0.5) is 13.6 Å². The first kappa shape index (κ1) is 20.9. The summed E-state index contributed by atoms with van der Waals surface area (Å²) in [6.45, 7) is 7.93. The first-order valence-corrected chi connectivity index (χ1v) is 10.2. The summed E-state index contributed by atoms with van der Waals surface area (Å²) in [6, 6.07) is 2.73. The summed E-state index contributed by atoms with van der Waals surface area (Å²) < 4.78 is 39.7. The third-order valence-electron chi connectivity index (χ3n) is 5.56. The van der Waals surface area contributed by atoms with Gasteiger partial charge in [0.1, 0.15) is 23.3 Å². The highest BCUT2D eigenvalue weighted by Gasteiger charge is 2.40. The molecule has 1 aromatic carbocycles. The van der Waals surface area contributed by atoms with Gasteiger partial charge in [-0.1, -0.05) is 6.08 Å². The predicted molar refractivity (Wildman–Crippen MR) is 109 cm³/mol. The monoisotopic (exact) mass is 419 g/mol. The van der Waals surface area contributed by atoms with E-state index in [9.17, 15) is 13.6 Å². The number of fused-ring (bicyclic) bond motifs is 1. The van der Waals surface area contributed by atoms with E-state index < -0.39 is 35.5 Å². The number of carbonyl (C=O) groups excluding carboxylic acids is 1. The van der Waals surface area contributed by atoms with Gasteiger partial charge >= 0.3 is 6.09 Å². The second kappa shape index (κ2) is 8.07. The molecule has 8 heteroatoms. The van der Waals surface area contributed by atoms with Crippen LogP contribution in [0.1, 0.15) is 38.9 Å². The van der Waals surface area contributed by atoms with E-state index in [1.165, 1.54) is 5.57 Å². The molecular formula is C22H27F2N3O3. The Kier molecular flexibility index (Phi) is 5.63. The quantitative estimate of drug-likeness (QED) is 0.816. The molecule has 0 spiro atoms. The molecule has 4 rings (SSSR count). The number of amides is 1. The minimum atomic E-state index is -0.803. The van der Waals surface area contributed by atoms with Crippen LogP contribution in [-0.4, -0.2) is 60.6 Å². The Morgan fingerprint density at radius 2 is 2.10 bits per heavy atom. The van der Waals surface area contributed by atoms with E-state index in [-0.39, 0.29) is 11.6 Å². The number of benzene rings is 1. The fourth-order valence-corrected chi connectivity index (χ4v) is 4.22. The molecule has 3 aliphatic heterocycles. The van der Waals surface area contributed by atoms with Crippen LogP contribution in [0.5, 0.6) is 0 Å². The number of alkyl carbamates (subject to hydrolysis) is 1. The van der Waals surface area contributed by atoms with Crippen molar-refractivity contribution < 1.29 is 23.0 Å². The van der Waals surface area contributed by atoms with Crippen LogP contribution < -0.4 is 5.32 Å². The highest BCUT2D eigenvalue weighted by Crippen LogP contribution is 2.34. The summed E-state index contributed by atoms with van der Waals surface area (Å²) in [7, 11) is 0. The van der Waals surface area contributed by atoms with Gasteiger partial charge in [0.25, 0.3) is 0 Å². The normalized spacial score (nSPS) is 26.8. The van der Waals surface area contributed by atoms with Crippen molar-refractivity contribution in [1.82, 2.24) is 10.2 Å². The lowest BCUT2D eigenvalue weighted by molar-refractivity contribution is -0.0557. The average Bonchev–Trinajstić information content (AvgIpc) is 3.24. The smallest absolute Gasteiger partial charge is 0.407 e. The third kappa shape index (κ3) is 4.54. The van der Waals surface area contributed by atoms with E-state index in [2.05, 4.69) is 21.3 Å². The minimum Gasteiger partial charge on any atom is -0.444 e. The average molecular weight is 419 g/mol. The summed E-state index contributed by atoms with van der Waals surface area (Å²) in [5, 5.41) is 2.83. The summed E-state index contributed by atoms with van der Waals surface area (Å²) >= 11 is 0. The molecule has 0 radical (unpaired) electrons. The molecule has 2 fully saturated rings. The molecule has 0 aliphatic carbocycles. The maximum absolute atomic E-state index is 14.5. The molecule has 0 unspecified atom stereocenters. The van der Waals surface area contributed by atoms with Crippen LogP contribution in [0.2, 0.25) is 0 Å². The van der Waals surface area contributed by atoms with Gasteiger partial charge in [-0.15, -0.1) is 0 Å². The van der Waals surface area contributed by atoms with Crippen molar-refractivity contribution >= 4 is 11.8 Å². The lowest BCUT2D eigenvalue weighted by Crippen LogP contribution is -2.52. The van der Waals surface area contributed by atoms with Gasteiger partial charge in [0.15, 0.2) is 0 Å². The maximum Gasteiger partial charge on any atom is 0.407 e. The first-order valence-electron chi connectivity index (χ1n) is 10.2. The van der Waals surface area contributed by atoms with Crippen molar-refractivity contribution in [3.8, 4) is 0 Å². The van der Waals surface area contributed by atoms with Crippen LogP contribution in [-0.2, 0) is 9.47 Å². The van der Waals surface area contributed by atoms with Crippen LogP contribution in [0.3, 0.4) is 0 Å². The Bertz CT molecular complexity index is 874. The number of ether oxygens (including phenoxy) is 2. The largest absolute Gasteiger partial charge is 0.444 e. The molecule has 1 N–H and O–H groups in total. The van der Waals surface area contributed by atoms with Gasteiger partial charge in [-0.2, -0.15) is 0 Å². The van der Waals surface area contributed by atoms with Crippen molar-refractivity contribution in [3.63, 3.8) is 0 Å². The van der Waals surface area contributed by atoms with Crippen LogP contribution in [0, 0.1) is 11.6 Å². The first-order chi connectivity index (χ1) is 14.2. The molecule has 1 aromatic rings. The number of halogens is 2. The Hall–Kier alpha value is -2.32. The summed E-state index contributed by atoms with van der Waals surface area (Å²) in [6.07, 6.45) is 1.24. The molecule has 3 aliphatic rings. The lowest BCUT2D eigenvalue weighted by atomic mass is 9.92. The number of nitrogens with one attached hydrogen (secondary N) is 1. The van der Waals surface area contributed by atoms with Crippen molar-refractivity contribution in [3.05, 3.63) is 47.0 Å². The summed E-state index contributed by atoms with van der Waals surface area (Å²) in [4.78, 5) is 19.2. The van der Waals surface area contributed by atoms with Crippen LogP contribution in [0.25, 0.3) is 0 Å². The number of carbonyl (C=O) groups is 1. The van der Waals surface area contributed by atoms with Gasteiger partial charge in [0, 0.05) is 24.7 Å². The molecule has 1 amide bonds. The SMILES string of the molecule is CC(C)(C)OC(=O)N[C@H]1C[C@@H](N2CC3=CCN=C3C2)CO[C@@H]1c1cc(F)ccc1F. The number of aliphatic imine (C=N–C) groups is 1. The standard InChI is InChI=1S/C22H27F2N3O3/c1-22(2,3)30-21(28)26-18-9-15(27-10-13-6-7-25-19(13)11-27)12-29-20(18)16-8-14(23)4-5-17(16)24/h4-6,8,15,18,20H,7,9-12H2,1-3H3,(H,26,28)/t15-,18+,20-/m1/s1. The van der Waals surface area contributed by atoms with E-state index in [0.29, 0.717) is 13.0 Å². The molecular weight excluding hydrogens is 392 g/mol. The van der Waals surface area contributed by atoms with Crippen molar-refractivity contribution in [2.75, 3.05) is 26.2 Å². The minimum absolute atomic E-state index is 0.0204. The van der Waals surface area contributed by atoms with E-state index in [0.717, 1.165) is 43.5 Å². The molecule has 0 bridgehead atoms. The number of rotatable bonds is 3. The van der Waals surface area contributed by atoms with Gasteiger partial charge in [0.2, 0.25) is 0 Å². The highest BCUT2D eigenvalue weighted by molar-refractivity contribution is 6.05. The van der Waals surface area contributed by atoms with E-state index >= 15 is 0 Å². The van der Waals surface area contributed by atoms with Crippen molar-refractivity contribution in [2.45, 2.75) is 51.0 Å². The topological polar surface area (TPSA) is 63.2 Å². The molecule has 0 aromatic heterocycles. The number of hydrogen-bond donors (Lipinski definition) is 1. The van der Waals surface area contributed by atoms with E-state index in [1.807, 2.05) is 0 Å². The Balaban J connectivity index is 1.54. The van der Waals surface area contributed by atoms with E-state index in [1.54, 1.807) is 20.8 Å². The zero-order valence-electron chi connectivity index (χ0n) is 17.5. The molecule has 2 saturated heterocycles. The second-order valence-electron chi connectivity index (χ2n) is 8.98. The summed E-state index contributed by atoms with van der Waals surface area (Å²) in [5.74, 6) is -1.11. The highest BCUT2D eigenvalue weighted by atomic mass is 19.1. The predicted octanol–water partition coefficient (Wildman–Crippen LogP) is 3.38. The third-order valence-corrected chi connectivity index (χ3v) is 5.56. The fourth-order valence-electron chi connectivity index (χ4n) is 4.22. The van der Waals surface area contributed by atoms with E-state index in [4.69, 9.17) is 9.47 Å². The van der Waals surface area contributed by atoms with Gasteiger partial charge < -0.3 is 14.8 Å². The lowest BCUT2D eigenvalue weighted by Gasteiger charge is -2.40. The van der Waals surface area contributed by atoms with Gasteiger partial charge in [-0.3, -0.25) is 9.89 Å². The second-order valence-corrected chi connectivity index (χ2v) is 8.98. The molecule has 162 valence electrons. The fraction of sp³-hybridized carbons (Fsp3) is 0.545. The molecule has 3 atom stereocenters. The Morgan fingerprint density at radius 1 is 1.30 bits per heavy atom. The number of nitrogens with zero attached hydrogens (tertiary/aromatic N) is 2. The Labute approximate surface area is 174 Å².